The Morgan fingerprint density at radius 2 is 1.84 bits per heavy atom. The minimum absolute atomic E-state index is 0.141. The zero-order chi connectivity index (χ0) is 13.4. The van der Waals surface area contributed by atoms with Gasteiger partial charge in [-0.1, -0.05) is 18.2 Å². The van der Waals surface area contributed by atoms with E-state index in [2.05, 4.69) is 0 Å². The summed E-state index contributed by atoms with van der Waals surface area (Å²) < 4.78 is 5.65. The summed E-state index contributed by atoms with van der Waals surface area (Å²) in [6.45, 7) is 0. The molecule has 0 saturated heterocycles. The Hall–Kier alpha value is -2.75. The van der Waals surface area contributed by atoms with Gasteiger partial charge < -0.3 is 14.6 Å². The van der Waals surface area contributed by atoms with Gasteiger partial charge in [-0.2, -0.15) is 0 Å². The lowest BCUT2D eigenvalue weighted by molar-refractivity contribution is 0.0694. The minimum Gasteiger partial charge on any atom is -0.507 e. The molecule has 2 aromatic carbocycles. The molecule has 0 amide bonds. The number of phenols is 1. The monoisotopic (exact) mass is 254 g/mol. The van der Waals surface area contributed by atoms with Crippen molar-refractivity contribution >= 4 is 16.9 Å². The van der Waals surface area contributed by atoms with Crippen LogP contribution in [0.25, 0.3) is 22.3 Å². The van der Waals surface area contributed by atoms with Crippen LogP contribution < -0.4 is 0 Å². The van der Waals surface area contributed by atoms with Crippen molar-refractivity contribution in [2.75, 3.05) is 0 Å². The number of hydrogen-bond donors (Lipinski definition) is 2. The molecular weight excluding hydrogens is 244 g/mol. The summed E-state index contributed by atoms with van der Waals surface area (Å²) in [6.07, 6.45) is 0. The van der Waals surface area contributed by atoms with Crippen LogP contribution in [0.3, 0.4) is 0 Å². The van der Waals surface area contributed by atoms with Gasteiger partial charge >= 0.3 is 5.97 Å². The number of para-hydroxylation sites is 1. The van der Waals surface area contributed by atoms with E-state index in [1.165, 1.54) is 12.1 Å². The van der Waals surface area contributed by atoms with Crippen LogP contribution in [-0.4, -0.2) is 16.2 Å². The molecule has 0 atom stereocenters. The quantitative estimate of drug-likeness (QED) is 0.734. The van der Waals surface area contributed by atoms with Crippen LogP contribution in [0.2, 0.25) is 0 Å². The second-order valence-corrected chi connectivity index (χ2v) is 4.19. The Morgan fingerprint density at radius 1 is 1.05 bits per heavy atom. The number of carboxylic acids is 1. The highest BCUT2D eigenvalue weighted by molar-refractivity contribution is 5.93. The summed E-state index contributed by atoms with van der Waals surface area (Å²) in [5.74, 6) is -0.855. The predicted molar refractivity (Wildman–Crippen MR) is 70.3 cm³/mol. The first kappa shape index (κ1) is 11.3. The normalized spacial score (nSPS) is 10.7. The van der Waals surface area contributed by atoms with E-state index in [-0.39, 0.29) is 11.3 Å². The van der Waals surface area contributed by atoms with Gasteiger partial charge in [0.1, 0.15) is 22.7 Å². The highest BCUT2D eigenvalue weighted by Gasteiger charge is 2.13. The summed E-state index contributed by atoms with van der Waals surface area (Å²) in [5.41, 5.74) is 1.21. The maximum Gasteiger partial charge on any atom is 0.339 e. The standard InChI is InChI=1S/C15H10O4/c16-12-6-5-10(7-11(12)15(17)18)14-8-9-3-1-2-4-13(9)19-14/h1-8,16H,(H,17,18). The number of fused-ring (bicyclic) bond motifs is 1. The lowest BCUT2D eigenvalue weighted by Gasteiger charge is -2.01. The van der Waals surface area contributed by atoms with Crippen molar-refractivity contribution in [1.82, 2.24) is 0 Å². The molecule has 19 heavy (non-hydrogen) atoms. The van der Waals surface area contributed by atoms with Gasteiger partial charge in [0.05, 0.1) is 0 Å². The molecule has 2 N–H and O–H groups in total. The first-order chi connectivity index (χ1) is 9.15. The van der Waals surface area contributed by atoms with E-state index in [4.69, 9.17) is 9.52 Å². The van der Waals surface area contributed by atoms with Crippen molar-refractivity contribution in [2.45, 2.75) is 0 Å². The van der Waals surface area contributed by atoms with Crippen molar-refractivity contribution in [3.8, 4) is 17.1 Å². The van der Waals surface area contributed by atoms with Crippen molar-refractivity contribution < 1.29 is 19.4 Å². The molecule has 4 nitrogen and oxygen atoms in total. The Bertz CT molecular complexity index is 738. The average Bonchev–Trinajstić information content (AvgIpc) is 2.82. The third-order valence-corrected chi connectivity index (χ3v) is 2.94. The molecule has 4 heteroatoms. The summed E-state index contributed by atoms with van der Waals surface area (Å²) in [5, 5.41) is 19.4. The lowest BCUT2D eigenvalue weighted by atomic mass is 10.1. The molecule has 1 heterocycles. The highest BCUT2D eigenvalue weighted by Crippen LogP contribution is 2.30. The number of furan rings is 1. The zero-order valence-corrected chi connectivity index (χ0v) is 9.83. The predicted octanol–water partition coefficient (Wildman–Crippen LogP) is 3.50. The van der Waals surface area contributed by atoms with Crippen molar-refractivity contribution in [3.63, 3.8) is 0 Å². The summed E-state index contributed by atoms with van der Waals surface area (Å²) in [7, 11) is 0. The SMILES string of the molecule is O=C(O)c1cc(-c2cc3ccccc3o2)ccc1O. The molecule has 94 valence electrons. The van der Waals surface area contributed by atoms with Gasteiger partial charge in [-0.3, -0.25) is 0 Å². The second-order valence-electron chi connectivity index (χ2n) is 4.19. The first-order valence-electron chi connectivity index (χ1n) is 5.70. The van der Waals surface area contributed by atoms with E-state index in [1.807, 2.05) is 30.3 Å². The molecule has 0 radical (unpaired) electrons. The van der Waals surface area contributed by atoms with E-state index in [0.29, 0.717) is 11.3 Å². The molecule has 0 fully saturated rings. The van der Waals surface area contributed by atoms with Gasteiger partial charge in [0.25, 0.3) is 0 Å². The van der Waals surface area contributed by atoms with Gasteiger partial charge in [-0.15, -0.1) is 0 Å². The van der Waals surface area contributed by atoms with Gasteiger partial charge in [0.15, 0.2) is 0 Å². The third kappa shape index (κ3) is 1.93. The molecule has 0 aliphatic carbocycles. The molecular formula is C15H10O4. The van der Waals surface area contributed by atoms with Crippen LogP contribution in [0.15, 0.2) is 52.9 Å². The molecule has 0 bridgehead atoms. The fourth-order valence-electron chi connectivity index (χ4n) is 1.98. The van der Waals surface area contributed by atoms with Crippen LogP contribution >= 0.6 is 0 Å². The number of aromatic carboxylic acids is 1. The molecule has 1 aromatic heterocycles. The third-order valence-electron chi connectivity index (χ3n) is 2.94. The fraction of sp³-hybridized carbons (Fsp3) is 0. The minimum atomic E-state index is -1.17. The molecule has 0 aliphatic rings. The number of carbonyl (C=O) groups is 1. The van der Waals surface area contributed by atoms with Crippen LogP contribution in [0.1, 0.15) is 10.4 Å². The summed E-state index contributed by atoms with van der Waals surface area (Å²) in [6, 6.07) is 13.8. The zero-order valence-electron chi connectivity index (χ0n) is 9.83. The number of benzene rings is 2. The number of carboxylic acid groups (broad SMARTS) is 1. The number of rotatable bonds is 2. The van der Waals surface area contributed by atoms with Crippen molar-refractivity contribution in [3.05, 3.63) is 54.1 Å². The Balaban J connectivity index is 2.16. The van der Waals surface area contributed by atoms with E-state index in [9.17, 15) is 9.90 Å². The topological polar surface area (TPSA) is 70.7 Å². The summed E-state index contributed by atoms with van der Waals surface area (Å²) >= 11 is 0. The summed E-state index contributed by atoms with van der Waals surface area (Å²) in [4.78, 5) is 11.0. The van der Waals surface area contributed by atoms with E-state index in [0.717, 1.165) is 11.0 Å². The van der Waals surface area contributed by atoms with Crippen LogP contribution in [-0.2, 0) is 0 Å². The van der Waals surface area contributed by atoms with Gasteiger partial charge in [-0.25, -0.2) is 4.79 Å². The fourth-order valence-corrected chi connectivity index (χ4v) is 1.98. The molecule has 3 rings (SSSR count). The van der Waals surface area contributed by atoms with E-state index in [1.54, 1.807) is 6.07 Å². The Kier molecular flexibility index (Phi) is 2.49. The lowest BCUT2D eigenvalue weighted by Crippen LogP contribution is -1.96. The van der Waals surface area contributed by atoms with Gasteiger partial charge in [-0.05, 0) is 30.3 Å². The number of hydrogen-bond acceptors (Lipinski definition) is 3. The van der Waals surface area contributed by atoms with E-state index >= 15 is 0 Å². The largest absolute Gasteiger partial charge is 0.507 e. The highest BCUT2D eigenvalue weighted by atomic mass is 16.4. The van der Waals surface area contributed by atoms with Gasteiger partial charge in [0.2, 0.25) is 0 Å². The molecule has 0 saturated carbocycles. The van der Waals surface area contributed by atoms with Crippen LogP contribution in [0.5, 0.6) is 5.75 Å². The smallest absolute Gasteiger partial charge is 0.339 e. The van der Waals surface area contributed by atoms with E-state index < -0.39 is 5.97 Å². The van der Waals surface area contributed by atoms with Crippen LogP contribution in [0.4, 0.5) is 0 Å². The second kappa shape index (κ2) is 4.17. The van der Waals surface area contributed by atoms with Crippen molar-refractivity contribution in [2.24, 2.45) is 0 Å². The Labute approximate surface area is 108 Å². The first-order valence-corrected chi connectivity index (χ1v) is 5.70. The average molecular weight is 254 g/mol. The van der Waals surface area contributed by atoms with Crippen molar-refractivity contribution in [1.29, 1.82) is 0 Å². The molecule has 0 aliphatic heterocycles. The van der Waals surface area contributed by atoms with Gasteiger partial charge in [0, 0.05) is 10.9 Å². The molecule has 0 unspecified atom stereocenters. The Morgan fingerprint density at radius 3 is 2.58 bits per heavy atom. The maximum absolute atomic E-state index is 11.0. The van der Waals surface area contributed by atoms with Crippen LogP contribution in [0, 0.1) is 0 Å². The molecule has 3 aromatic rings. The maximum atomic E-state index is 11.0. The number of aromatic hydroxyl groups is 1. The molecule has 0 spiro atoms.